The Balaban J connectivity index is 1.78. The van der Waals surface area contributed by atoms with Crippen molar-refractivity contribution in [1.82, 2.24) is 10.6 Å². The number of hydrogen-bond acceptors (Lipinski definition) is 2. The Kier molecular flexibility index (Phi) is 5.40. The van der Waals surface area contributed by atoms with Crippen LogP contribution < -0.4 is 10.6 Å². The average molecular weight is 325 g/mol. The molecule has 19 heavy (non-hydrogen) atoms. The van der Waals surface area contributed by atoms with Gasteiger partial charge in [-0.1, -0.05) is 35.0 Å². The summed E-state index contributed by atoms with van der Waals surface area (Å²) in [6.45, 7) is 4.16. The fraction of sp³-hybridized carbons (Fsp3) is 0.533. The van der Waals surface area contributed by atoms with Gasteiger partial charge in [0.25, 0.3) is 0 Å². The Labute approximate surface area is 123 Å². The van der Waals surface area contributed by atoms with E-state index in [0.29, 0.717) is 12.3 Å². The minimum Gasteiger partial charge on any atom is -0.352 e. The lowest BCUT2D eigenvalue weighted by Gasteiger charge is -2.30. The van der Waals surface area contributed by atoms with Gasteiger partial charge in [0.2, 0.25) is 5.91 Å². The van der Waals surface area contributed by atoms with Gasteiger partial charge >= 0.3 is 0 Å². The van der Waals surface area contributed by atoms with Crippen LogP contribution in [0.3, 0.4) is 0 Å². The fourth-order valence-corrected chi connectivity index (χ4v) is 2.86. The molecule has 104 valence electrons. The van der Waals surface area contributed by atoms with Crippen LogP contribution in [0.2, 0.25) is 0 Å². The molecule has 1 fully saturated rings. The molecule has 0 bridgehead atoms. The van der Waals surface area contributed by atoms with Crippen molar-refractivity contribution < 1.29 is 4.79 Å². The van der Waals surface area contributed by atoms with Crippen molar-refractivity contribution in [2.45, 2.75) is 32.2 Å². The first-order valence-corrected chi connectivity index (χ1v) is 7.69. The molecule has 2 atom stereocenters. The van der Waals surface area contributed by atoms with Crippen LogP contribution in [-0.2, 0) is 11.2 Å². The maximum absolute atomic E-state index is 12.0. The summed E-state index contributed by atoms with van der Waals surface area (Å²) < 4.78 is 1.07. The summed E-state index contributed by atoms with van der Waals surface area (Å²) in [5, 5.41) is 6.47. The quantitative estimate of drug-likeness (QED) is 0.893. The second-order valence-electron chi connectivity index (χ2n) is 5.27. The molecule has 0 saturated carbocycles. The Hall–Kier alpha value is -0.870. The number of carbonyl (C=O) groups is 1. The van der Waals surface area contributed by atoms with E-state index < -0.39 is 0 Å². The highest BCUT2D eigenvalue weighted by molar-refractivity contribution is 9.10. The zero-order valence-electron chi connectivity index (χ0n) is 11.3. The van der Waals surface area contributed by atoms with Gasteiger partial charge in [-0.05, 0) is 43.0 Å². The van der Waals surface area contributed by atoms with Crippen molar-refractivity contribution in [3.63, 3.8) is 0 Å². The summed E-state index contributed by atoms with van der Waals surface area (Å²) in [7, 11) is 0. The Morgan fingerprint density at radius 3 is 3.11 bits per heavy atom. The van der Waals surface area contributed by atoms with Gasteiger partial charge in [-0.3, -0.25) is 4.79 Å². The van der Waals surface area contributed by atoms with E-state index in [1.54, 1.807) is 0 Å². The second-order valence-corrected chi connectivity index (χ2v) is 6.19. The number of piperidine rings is 1. The molecule has 1 aromatic rings. The molecule has 2 rings (SSSR count). The van der Waals surface area contributed by atoms with E-state index >= 15 is 0 Å². The molecule has 0 aliphatic carbocycles. The third kappa shape index (κ3) is 4.62. The monoisotopic (exact) mass is 324 g/mol. The van der Waals surface area contributed by atoms with Crippen LogP contribution in [0.4, 0.5) is 0 Å². The molecule has 4 heteroatoms. The van der Waals surface area contributed by atoms with Crippen molar-refractivity contribution in [3.05, 3.63) is 34.3 Å². The van der Waals surface area contributed by atoms with Gasteiger partial charge in [0, 0.05) is 23.5 Å². The molecule has 1 aliphatic rings. The molecule has 1 aromatic carbocycles. The second kappa shape index (κ2) is 7.06. The third-order valence-corrected chi connectivity index (χ3v) is 4.20. The van der Waals surface area contributed by atoms with E-state index in [1.807, 2.05) is 12.1 Å². The van der Waals surface area contributed by atoms with E-state index in [9.17, 15) is 4.79 Å². The Morgan fingerprint density at radius 1 is 1.53 bits per heavy atom. The van der Waals surface area contributed by atoms with Crippen molar-refractivity contribution in [2.75, 3.05) is 13.1 Å². The number of halogens is 1. The van der Waals surface area contributed by atoms with Crippen LogP contribution in [0.15, 0.2) is 28.7 Å². The number of amides is 1. The van der Waals surface area contributed by atoms with Crippen LogP contribution in [-0.4, -0.2) is 25.0 Å². The maximum atomic E-state index is 12.0. The third-order valence-electron chi connectivity index (χ3n) is 3.70. The number of benzene rings is 1. The number of rotatable bonds is 4. The average Bonchev–Trinajstić information content (AvgIpc) is 2.39. The van der Waals surface area contributed by atoms with Crippen molar-refractivity contribution in [1.29, 1.82) is 0 Å². The Bertz CT molecular complexity index is 436. The van der Waals surface area contributed by atoms with Crippen LogP contribution in [0.1, 0.15) is 25.3 Å². The predicted octanol–water partition coefficient (Wildman–Crippen LogP) is 2.50. The molecular formula is C15H21BrN2O. The molecule has 1 aliphatic heterocycles. The molecule has 2 unspecified atom stereocenters. The summed E-state index contributed by atoms with van der Waals surface area (Å²) in [5.74, 6) is 0.719. The van der Waals surface area contributed by atoms with E-state index in [1.165, 1.54) is 5.56 Å². The standard InChI is InChI=1S/C15H21BrN2O/c1-11-7-8-17-10-14(11)18-15(19)6-5-12-3-2-4-13(16)9-12/h2-4,9,11,14,17H,5-8,10H2,1H3,(H,18,19). The molecule has 3 nitrogen and oxygen atoms in total. The summed E-state index contributed by atoms with van der Waals surface area (Å²) in [5.41, 5.74) is 1.19. The molecule has 2 N–H and O–H groups in total. The van der Waals surface area contributed by atoms with Gasteiger partial charge in [0.1, 0.15) is 0 Å². The first-order valence-electron chi connectivity index (χ1n) is 6.89. The molecule has 0 spiro atoms. The van der Waals surface area contributed by atoms with E-state index in [2.05, 4.69) is 45.6 Å². The van der Waals surface area contributed by atoms with Crippen LogP contribution >= 0.6 is 15.9 Å². The largest absolute Gasteiger partial charge is 0.352 e. The predicted molar refractivity (Wildman–Crippen MR) is 81.0 cm³/mol. The number of hydrogen-bond donors (Lipinski definition) is 2. The van der Waals surface area contributed by atoms with Crippen molar-refractivity contribution >= 4 is 21.8 Å². The van der Waals surface area contributed by atoms with E-state index in [0.717, 1.165) is 30.4 Å². The minimum absolute atomic E-state index is 0.153. The summed E-state index contributed by atoms with van der Waals surface area (Å²) in [6, 6.07) is 8.41. The zero-order valence-corrected chi connectivity index (χ0v) is 12.9. The summed E-state index contributed by atoms with van der Waals surface area (Å²) >= 11 is 3.45. The van der Waals surface area contributed by atoms with Crippen LogP contribution in [0.25, 0.3) is 0 Å². The first-order chi connectivity index (χ1) is 9.15. The highest BCUT2D eigenvalue weighted by atomic mass is 79.9. The number of nitrogens with one attached hydrogen (secondary N) is 2. The normalized spacial score (nSPS) is 23.1. The van der Waals surface area contributed by atoms with E-state index in [-0.39, 0.29) is 11.9 Å². The molecule has 1 amide bonds. The molecular weight excluding hydrogens is 304 g/mol. The summed E-state index contributed by atoms with van der Waals surface area (Å²) in [4.78, 5) is 12.0. The maximum Gasteiger partial charge on any atom is 0.220 e. The smallest absolute Gasteiger partial charge is 0.220 e. The van der Waals surface area contributed by atoms with E-state index in [4.69, 9.17) is 0 Å². The zero-order chi connectivity index (χ0) is 13.7. The van der Waals surface area contributed by atoms with Gasteiger partial charge in [-0.2, -0.15) is 0 Å². The molecule has 0 radical (unpaired) electrons. The Morgan fingerprint density at radius 2 is 2.37 bits per heavy atom. The van der Waals surface area contributed by atoms with Gasteiger partial charge in [0.15, 0.2) is 0 Å². The number of aryl methyl sites for hydroxylation is 1. The molecule has 0 aromatic heterocycles. The lowest BCUT2D eigenvalue weighted by Crippen LogP contribution is -2.50. The lowest BCUT2D eigenvalue weighted by atomic mass is 9.94. The molecule has 1 heterocycles. The topological polar surface area (TPSA) is 41.1 Å². The fourth-order valence-electron chi connectivity index (χ4n) is 2.41. The lowest BCUT2D eigenvalue weighted by molar-refractivity contribution is -0.122. The van der Waals surface area contributed by atoms with Crippen LogP contribution in [0.5, 0.6) is 0 Å². The van der Waals surface area contributed by atoms with Gasteiger partial charge < -0.3 is 10.6 Å². The number of carbonyl (C=O) groups excluding carboxylic acids is 1. The highest BCUT2D eigenvalue weighted by Crippen LogP contribution is 2.14. The summed E-state index contributed by atoms with van der Waals surface area (Å²) in [6.07, 6.45) is 2.48. The van der Waals surface area contributed by atoms with Crippen LogP contribution in [0, 0.1) is 5.92 Å². The molecule has 1 saturated heterocycles. The first kappa shape index (κ1) is 14.5. The van der Waals surface area contributed by atoms with Gasteiger partial charge in [-0.15, -0.1) is 0 Å². The van der Waals surface area contributed by atoms with Gasteiger partial charge in [-0.25, -0.2) is 0 Å². The SMILES string of the molecule is CC1CCNCC1NC(=O)CCc1cccc(Br)c1. The highest BCUT2D eigenvalue weighted by Gasteiger charge is 2.22. The van der Waals surface area contributed by atoms with Gasteiger partial charge in [0.05, 0.1) is 0 Å². The van der Waals surface area contributed by atoms with Crippen molar-refractivity contribution in [2.24, 2.45) is 5.92 Å². The minimum atomic E-state index is 0.153. The van der Waals surface area contributed by atoms with Crippen molar-refractivity contribution in [3.8, 4) is 0 Å².